The Morgan fingerprint density at radius 1 is 1.00 bits per heavy atom. The average Bonchev–Trinajstić information content (AvgIpc) is 2.83. The number of hydrogen-bond acceptors (Lipinski definition) is 4. The molecule has 0 fully saturated rings. The van der Waals surface area contributed by atoms with E-state index in [2.05, 4.69) is 12.2 Å². The molecule has 0 aliphatic rings. The molecule has 2 aromatic carbocycles. The van der Waals surface area contributed by atoms with Crippen molar-refractivity contribution < 1.29 is 18.0 Å². The van der Waals surface area contributed by atoms with Gasteiger partial charge in [-0.15, -0.1) is 0 Å². The Bertz CT molecular complexity index is 1100. The normalized spacial score (nSPS) is 12.1. The Morgan fingerprint density at radius 3 is 2.33 bits per heavy atom. The van der Waals surface area contributed by atoms with E-state index in [1.807, 2.05) is 62.4 Å². The molecule has 1 N–H and O–H groups in total. The molecule has 2 amide bonds. The van der Waals surface area contributed by atoms with Gasteiger partial charge >= 0.3 is 0 Å². The summed E-state index contributed by atoms with van der Waals surface area (Å²) in [7, 11) is -3.52. The molecule has 1 atom stereocenters. The molecular weight excluding hydrogens is 474 g/mol. The molecule has 0 aliphatic carbocycles. The van der Waals surface area contributed by atoms with Crippen LogP contribution in [0.1, 0.15) is 56.2 Å². The van der Waals surface area contributed by atoms with Crippen LogP contribution in [0.5, 0.6) is 0 Å². The molecule has 2 rings (SSSR count). The monoisotopic (exact) mass is 515 g/mol. The number of sulfonamides is 1. The van der Waals surface area contributed by atoms with Gasteiger partial charge in [0.05, 0.1) is 11.9 Å². The van der Waals surface area contributed by atoms with E-state index in [1.165, 1.54) is 10.6 Å². The predicted molar refractivity (Wildman–Crippen MR) is 147 cm³/mol. The third kappa shape index (κ3) is 8.97. The van der Waals surface area contributed by atoms with Gasteiger partial charge in [-0.1, -0.05) is 55.8 Å². The van der Waals surface area contributed by atoms with Crippen molar-refractivity contribution in [3.63, 3.8) is 0 Å². The highest BCUT2D eigenvalue weighted by Crippen LogP contribution is 2.24. The van der Waals surface area contributed by atoms with E-state index in [4.69, 9.17) is 0 Å². The number of unbranched alkanes of at least 4 members (excludes halogenated alkanes) is 1. The highest BCUT2D eigenvalue weighted by atomic mass is 32.2. The van der Waals surface area contributed by atoms with Gasteiger partial charge in [0.25, 0.3) is 0 Å². The van der Waals surface area contributed by atoms with Gasteiger partial charge in [-0.05, 0) is 62.8 Å². The third-order valence-electron chi connectivity index (χ3n) is 6.27. The Morgan fingerprint density at radius 2 is 1.69 bits per heavy atom. The summed E-state index contributed by atoms with van der Waals surface area (Å²) in [6, 6.07) is 14.9. The molecule has 0 bridgehead atoms. The topological polar surface area (TPSA) is 86.8 Å². The molecule has 0 radical (unpaired) electrons. The Balaban J connectivity index is 2.12. The molecule has 0 saturated carbocycles. The lowest BCUT2D eigenvalue weighted by Gasteiger charge is -2.29. The predicted octanol–water partition coefficient (Wildman–Crippen LogP) is 4.23. The quantitative estimate of drug-likeness (QED) is 0.382. The van der Waals surface area contributed by atoms with E-state index in [-0.39, 0.29) is 24.8 Å². The third-order valence-corrected chi connectivity index (χ3v) is 7.45. The van der Waals surface area contributed by atoms with Crippen molar-refractivity contribution in [3.8, 4) is 0 Å². The van der Waals surface area contributed by atoms with E-state index < -0.39 is 16.1 Å². The van der Waals surface area contributed by atoms with Crippen LogP contribution in [0.2, 0.25) is 0 Å². The molecule has 0 aliphatic heterocycles. The Hall–Kier alpha value is -2.87. The minimum Gasteiger partial charge on any atom is -0.354 e. The summed E-state index contributed by atoms with van der Waals surface area (Å²) in [6.07, 6.45) is 4.19. The molecular formula is C28H41N3O4S. The van der Waals surface area contributed by atoms with E-state index in [0.29, 0.717) is 31.6 Å². The summed E-state index contributed by atoms with van der Waals surface area (Å²) in [4.78, 5) is 27.7. The summed E-state index contributed by atoms with van der Waals surface area (Å²) in [5.74, 6) is -0.323. The lowest BCUT2D eigenvalue weighted by atomic mass is 10.1. The fourth-order valence-electron chi connectivity index (χ4n) is 4.08. The van der Waals surface area contributed by atoms with Gasteiger partial charge in [-0.3, -0.25) is 13.9 Å². The van der Waals surface area contributed by atoms with Crippen LogP contribution in [0.25, 0.3) is 0 Å². The Labute approximate surface area is 216 Å². The SMILES string of the molecule is CCCCNC(=O)[C@H](C)N(CCc1ccccc1)C(=O)CCCN(c1cc(C)ccc1C)S(C)(=O)=O. The van der Waals surface area contributed by atoms with Crippen LogP contribution in [0.15, 0.2) is 48.5 Å². The number of nitrogens with zero attached hydrogens (tertiary/aromatic N) is 2. The minimum atomic E-state index is -3.52. The maximum atomic E-state index is 13.3. The first-order valence-electron chi connectivity index (χ1n) is 12.7. The molecule has 0 heterocycles. The fourth-order valence-corrected chi connectivity index (χ4v) is 5.09. The number of benzene rings is 2. The van der Waals surface area contributed by atoms with Crippen LogP contribution in [0, 0.1) is 13.8 Å². The van der Waals surface area contributed by atoms with Gasteiger partial charge in [0.2, 0.25) is 21.8 Å². The van der Waals surface area contributed by atoms with Crippen LogP contribution in [-0.2, 0) is 26.0 Å². The van der Waals surface area contributed by atoms with Gasteiger partial charge in [0.15, 0.2) is 0 Å². The largest absolute Gasteiger partial charge is 0.354 e. The summed E-state index contributed by atoms with van der Waals surface area (Å²) >= 11 is 0. The minimum absolute atomic E-state index is 0.151. The smallest absolute Gasteiger partial charge is 0.242 e. The van der Waals surface area contributed by atoms with Crippen molar-refractivity contribution >= 4 is 27.5 Å². The van der Waals surface area contributed by atoms with Crippen molar-refractivity contribution in [2.75, 3.05) is 30.2 Å². The lowest BCUT2D eigenvalue weighted by Crippen LogP contribution is -2.49. The molecule has 2 aromatic rings. The van der Waals surface area contributed by atoms with Gasteiger partial charge in [-0.25, -0.2) is 8.42 Å². The number of anilines is 1. The molecule has 0 saturated heterocycles. The van der Waals surface area contributed by atoms with Crippen molar-refractivity contribution in [1.29, 1.82) is 0 Å². The molecule has 0 aromatic heterocycles. The second kappa shape index (κ2) is 14.0. The number of carbonyl (C=O) groups is 2. The molecule has 36 heavy (non-hydrogen) atoms. The molecule has 0 unspecified atom stereocenters. The van der Waals surface area contributed by atoms with Gasteiger partial charge in [0.1, 0.15) is 6.04 Å². The summed E-state index contributed by atoms with van der Waals surface area (Å²) < 4.78 is 26.5. The summed E-state index contributed by atoms with van der Waals surface area (Å²) in [5.41, 5.74) is 3.55. The molecule has 198 valence electrons. The van der Waals surface area contributed by atoms with Crippen molar-refractivity contribution in [3.05, 3.63) is 65.2 Å². The van der Waals surface area contributed by atoms with Crippen LogP contribution in [-0.4, -0.2) is 57.1 Å². The van der Waals surface area contributed by atoms with Crippen LogP contribution >= 0.6 is 0 Å². The fraction of sp³-hybridized carbons (Fsp3) is 0.500. The van der Waals surface area contributed by atoms with Gasteiger partial charge in [0, 0.05) is 26.1 Å². The van der Waals surface area contributed by atoms with Gasteiger partial charge < -0.3 is 10.2 Å². The molecule has 8 heteroatoms. The first-order valence-corrected chi connectivity index (χ1v) is 14.6. The molecule has 0 spiro atoms. The maximum absolute atomic E-state index is 13.3. The number of amides is 2. The second-order valence-corrected chi connectivity index (χ2v) is 11.3. The van der Waals surface area contributed by atoms with Crippen LogP contribution in [0.3, 0.4) is 0 Å². The van der Waals surface area contributed by atoms with E-state index in [0.717, 1.165) is 29.5 Å². The molecule has 7 nitrogen and oxygen atoms in total. The second-order valence-electron chi connectivity index (χ2n) is 9.37. The maximum Gasteiger partial charge on any atom is 0.242 e. The van der Waals surface area contributed by atoms with E-state index in [1.54, 1.807) is 11.8 Å². The lowest BCUT2D eigenvalue weighted by molar-refractivity contribution is -0.139. The number of carbonyl (C=O) groups excluding carboxylic acids is 2. The van der Waals surface area contributed by atoms with Crippen molar-refractivity contribution in [2.45, 2.75) is 65.8 Å². The first kappa shape index (κ1) is 29.4. The zero-order valence-electron chi connectivity index (χ0n) is 22.3. The summed E-state index contributed by atoms with van der Waals surface area (Å²) in [6.45, 7) is 8.80. The van der Waals surface area contributed by atoms with E-state index >= 15 is 0 Å². The zero-order chi connectivity index (χ0) is 26.7. The summed E-state index contributed by atoms with van der Waals surface area (Å²) in [5, 5.41) is 2.92. The highest BCUT2D eigenvalue weighted by molar-refractivity contribution is 7.92. The zero-order valence-corrected chi connectivity index (χ0v) is 23.1. The number of rotatable bonds is 14. The van der Waals surface area contributed by atoms with E-state index in [9.17, 15) is 18.0 Å². The van der Waals surface area contributed by atoms with Crippen LogP contribution < -0.4 is 9.62 Å². The first-order chi connectivity index (χ1) is 17.0. The van der Waals surface area contributed by atoms with Gasteiger partial charge in [-0.2, -0.15) is 0 Å². The number of nitrogens with one attached hydrogen (secondary N) is 1. The average molecular weight is 516 g/mol. The van der Waals surface area contributed by atoms with Crippen molar-refractivity contribution in [2.24, 2.45) is 0 Å². The number of hydrogen-bond donors (Lipinski definition) is 1. The highest BCUT2D eigenvalue weighted by Gasteiger charge is 2.26. The number of aryl methyl sites for hydroxylation is 2. The van der Waals surface area contributed by atoms with Crippen LogP contribution in [0.4, 0.5) is 5.69 Å². The Kier molecular flexibility index (Phi) is 11.4. The van der Waals surface area contributed by atoms with Crippen molar-refractivity contribution in [1.82, 2.24) is 10.2 Å². The standard InChI is InChI=1S/C28H41N3O4S/c1-6-7-18-29-28(33)24(4)30(20-17-25-12-9-8-10-13-25)27(32)14-11-19-31(36(5,34)35)26-21-22(2)15-16-23(26)3/h8-10,12-13,15-16,21,24H,6-7,11,14,17-20H2,1-5H3,(H,29,33)/t24-/m0/s1.